The number of unbranched alkanes of at least 4 members (excludes halogenated alkanes) is 1. The van der Waals surface area contributed by atoms with E-state index in [-0.39, 0.29) is 6.04 Å². The Morgan fingerprint density at radius 1 is 1.25 bits per heavy atom. The number of hydrogen-bond acceptors (Lipinski definition) is 5. The molecule has 1 unspecified atom stereocenters. The molecule has 0 amide bonds. The van der Waals surface area contributed by atoms with Gasteiger partial charge in [-0.15, -0.1) is 0 Å². The Labute approximate surface area is 97.7 Å². The van der Waals surface area contributed by atoms with E-state index < -0.39 is 7.12 Å². The van der Waals surface area contributed by atoms with Gasteiger partial charge in [0.25, 0.3) is 0 Å². The van der Waals surface area contributed by atoms with E-state index in [0.717, 1.165) is 52.1 Å². The summed E-state index contributed by atoms with van der Waals surface area (Å²) in [5.41, 5.74) is 6.01. The summed E-state index contributed by atoms with van der Waals surface area (Å²) in [6, 6.07) is 0.189. The molecule has 0 aromatic carbocycles. The highest BCUT2D eigenvalue weighted by Crippen LogP contribution is 2.06. The zero-order chi connectivity index (χ0) is 11.8. The summed E-state index contributed by atoms with van der Waals surface area (Å²) in [6.45, 7) is 4.49. The second kappa shape index (κ2) is 8.03. The van der Waals surface area contributed by atoms with Gasteiger partial charge in [0.2, 0.25) is 0 Å². The lowest BCUT2D eigenvalue weighted by atomic mass is 9.83. The molecule has 1 saturated heterocycles. The fourth-order valence-corrected chi connectivity index (χ4v) is 1.94. The van der Waals surface area contributed by atoms with Crippen LogP contribution in [0.1, 0.15) is 19.3 Å². The lowest BCUT2D eigenvalue weighted by Gasteiger charge is -2.29. The van der Waals surface area contributed by atoms with Crippen LogP contribution in [-0.2, 0) is 4.74 Å². The number of nitrogens with zero attached hydrogens (tertiary/aromatic N) is 1. The van der Waals surface area contributed by atoms with Crippen LogP contribution in [-0.4, -0.2) is 61.0 Å². The van der Waals surface area contributed by atoms with E-state index in [1.807, 2.05) is 0 Å². The van der Waals surface area contributed by atoms with Crippen molar-refractivity contribution in [2.24, 2.45) is 5.73 Å². The SMILES string of the molecule is NC(CCCCB(O)O)CN1CCOCC1. The second-order valence-electron chi connectivity index (χ2n) is 4.44. The molecule has 0 radical (unpaired) electrons. The van der Waals surface area contributed by atoms with Crippen molar-refractivity contribution in [2.75, 3.05) is 32.8 Å². The molecule has 0 aromatic heterocycles. The second-order valence-corrected chi connectivity index (χ2v) is 4.44. The highest BCUT2D eigenvalue weighted by molar-refractivity contribution is 6.40. The molecule has 94 valence electrons. The lowest BCUT2D eigenvalue weighted by molar-refractivity contribution is 0.0349. The Hall–Kier alpha value is -0.135. The predicted octanol–water partition coefficient (Wildman–Crippen LogP) is -0.711. The molecule has 1 aliphatic heterocycles. The summed E-state index contributed by atoms with van der Waals surface area (Å²) in [5.74, 6) is 0. The number of hydrogen-bond donors (Lipinski definition) is 3. The molecule has 1 fully saturated rings. The first-order valence-electron chi connectivity index (χ1n) is 6.10. The van der Waals surface area contributed by atoms with Crippen LogP contribution in [0.5, 0.6) is 0 Å². The largest absolute Gasteiger partial charge is 0.451 e. The van der Waals surface area contributed by atoms with Crippen molar-refractivity contribution in [3.63, 3.8) is 0 Å². The van der Waals surface area contributed by atoms with Crippen LogP contribution in [0, 0.1) is 0 Å². The zero-order valence-electron chi connectivity index (χ0n) is 9.85. The first kappa shape index (κ1) is 13.9. The molecule has 5 nitrogen and oxygen atoms in total. The van der Waals surface area contributed by atoms with Crippen LogP contribution in [0.4, 0.5) is 0 Å². The average molecular weight is 230 g/mol. The highest BCUT2D eigenvalue weighted by Gasteiger charge is 2.14. The van der Waals surface area contributed by atoms with Crippen LogP contribution >= 0.6 is 0 Å². The van der Waals surface area contributed by atoms with E-state index >= 15 is 0 Å². The molecule has 0 saturated carbocycles. The summed E-state index contributed by atoms with van der Waals surface area (Å²) < 4.78 is 5.27. The normalized spacial score (nSPS) is 19.7. The first-order valence-corrected chi connectivity index (χ1v) is 6.10. The standard InChI is InChI=1S/C10H23BN2O3/c12-10(3-1-2-4-11(14)15)9-13-5-7-16-8-6-13/h10,14-15H,1-9,12H2. The number of morpholine rings is 1. The van der Waals surface area contributed by atoms with Gasteiger partial charge in [-0.2, -0.15) is 0 Å². The Kier molecular flexibility index (Phi) is 6.99. The first-order chi connectivity index (χ1) is 7.68. The van der Waals surface area contributed by atoms with E-state index in [0.29, 0.717) is 6.32 Å². The fraction of sp³-hybridized carbons (Fsp3) is 1.00. The maximum Gasteiger partial charge on any atom is 0.451 e. The van der Waals surface area contributed by atoms with Crippen molar-refractivity contribution in [3.05, 3.63) is 0 Å². The van der Waals surface area contributed by atoms with Crippen molar-refractivity contribution in [2.45, 2.75) is 31.6 Å². The molecule has 16 heavy (non-hydrogen) atoms. The minimum absolute atomic E-state index is 0.189. The Morgan fingerprint density at radius 2 is 1.94 bits per heavy atom. The third-order valence-corrected chi connectivity index (χ3v) is 2.88. The number of rotatable bonds is 7. The molecule has 1 rings (SSSR count). The van der Waals surface area contributed by atoms with Crippen LogP contribution in [0.25, 0.3) is 0 Å². The Balaban J connectivity index is 1.99. The van der Waals surface area contributed by atoms with Gasteiger partial charge in [-0.25, -0.2) is 0 Å². The summed E-state index contributed by atoms with van der Waals surface area (Å²) in [5, 5.41) is 17.4. The van der Waals surface area contributed by atoms with Gasteiger partial charge >= 0.3 is 7.12 Å². The Morgan fingerprint density at radius 3 is 2.56 bits per heavy atom. The van der Waals surface area contributed by atoms with Gasteiger partial charge < -0.3 is 20.5 Å². The van der Waals surface area contributed by atoms with Crippen LogP contribution in [0.2, 0.25) is 6.32 Å². The van der Waals surface area contributed by atoms with Crippen molar-refractivity contribution in [1.82, 2.24) is 4.90 Å². The van der Waals surface area contributed by atoms with Gasteiger partial charge in [-0.1, -0.05) is 12.8 Å². The van der Waals surface area contributed by atoms with Crippen molar-refractivity contribution < 1.29 is 14.8 Å². The van der Waals surface area contributed by atoms with Crippen LogP contribution in [0.15, 0.2) is 0 Å². The van der Waals surface area contributed by atoms with E-state index in [1.54, 1.807) is 0 Å². The maximum absolute atomic E-state index is 8.68. The van der Waals surface area contributed by atoms with Gasteiger partial charge in [0.1, 0.15) is 0 Å². The molecular formula is C10H23BN2O3. The smallest absolute Gasteiger partial charge is 0.427 e. The summed E-state index contributed by atoms with van der Waals surface area (Å²) in [6.07, 6.45) is 3.19. The fourth-order valence-electron chi connectivity index (χ4n) is 1.94. The average Bonchev–Trinajstić information content (AvgIpc) is 2.25. The van der Waals surface area contributed by atoms with E-state index in [9.17, 15) is 0 Å². The van der Waals surface area contributed by atoms with Gasteiger partial charge in [0.05, 0.1) is 13.2 Å². The van der Waals surface area contributed by atoms with Gasteiger partial charge in [-0.05, 0) is 12.7 Å². The molecule has 0 aromatic rings. The van der Waals surface area contributed by atoms with E-state index in [2.05, 4.69) is 4.90 Å². The molecule has 0 bridgehead atoms. The summed E-state index contributed by atoms with van der Waals surface area (Å²) in [4.78, 5) is 2.33. The minimum Gasteiger partial charge on any atom is -0.427 e. The van der Waals surface area contributed by atoms with E-state index in [4.69, 9.17) is 20.5 Å². The Bertz CT molecular complexity index is 177. The van der Waals surface area contributed by atoms with E-state index in [1.165, 1.54) is 0 Å². The topological polar surface area (TPSA) is 79.0 Å². The molecular weight excluding hydrogens is 207 g/mol. The third kappa shape index (κ3) is 6.45. The predicted molar refractivity (Wildman–Crippen MR) is 64.1 cm³/mol. The molecule has 4 N–H and O–H groups in total. The van der Waals surface area contributed by atoms with Crippen LogP contribution in [0.3, 0.4) is 0 Å². The van der Waals surface area contributed by atoms with Crippen LogP contribution < -0.4 is 5.73 Å². The van der Waals surface area contributed by atoms with Gasteiger partial charge in [0.15, 0.2) is 0 Å². The molecule has 1 aliphatic rings. The molecule has 1 heterocycles. The lowest BCUT2D eigenvalue weighted by Crippen LogP contribution is -2.43. The molecule has 0 spiro atoms. The van der Waals surface area contributed by atoms with Gasteiger partial charge in [0, 0.05) is 25.7 Å². The number of ether oxygens (including phenoxy) is 1. The monoisotopic (exact) mass is 230 g/mol. The van der Waals surface area contributed by atoms with Gasteiger partial charge in [-0.3, -0.25) is 4.90 Å². The summed E-state index contributed by atoms with van der Waals surface area (Å²) in [7, 11) is -1.17. The zero-order valence-corrected chi connectivity index (χ0v) is 9.85. The number of nitrogens with two attached hydrogens (primary N) is 1. The molecule has 6 heteroatoms. The van der Waals surface area contributed by atoms with Crippen molar-refractivity contribution in [3.8, 4) is 0 Å². The molecule has 0 aliphatic carbocycles. The van der Waals surface area contributed by atoms with Crippen molar-refractivity contribution >= 4 is 7.12 Å². The summed E-state index contributed by atoms with van der Waals surface area (Å²) >= 11 is 0. The van der Waals surface area contributed by atoms with Crippen molar-refractivity contribution in [1.29, 1.82) is 0 Å². The third-order valence-electron chi connectivity index (χ3n) is 2.88. The minimum atomic E-state index is -1.17. The highest BCUT2D eigenvalue weighted by atomic mass is 16.5. The molecule has 1 atom stereocenters. The maximum atomic E-state index is 8.68. The quantitative estimate of drug-likeness (QED) is 0.397.